The van der Waals surface area contributed by atoms with Gasteiger partial charge in [-0.3, -0.25) is 9.59 Å². The monoisotopic (exact) mass is 418 g/mol. The Morgan fingerprint density at radius 1 is 0.800 bits per heavy atom. The average molecular weight is 419 g/mol. The highest BCUT2D eigenvalue weighted by molar-refractivity contribution is 5.79. The van der Waals surface area contributed by atoms with E-state index >= 15 is 0 Å². The van der Waals surface area contributed by atoms with E-state index in [1.54, 1.807) is 0 Å². The second-order valence-electron chi connectivity index (χ2n) is 11.2. The molecule has 1 aliphatic carbocycles. The largest absolute Gasteiger partial charge is 0.481 e. The molecule has 6 heteroatoms. The molecule has 5 unspecified atom stereocenters. The van der Waals surface area contributed by atoms with Crippen LogP contribution in [-0.2, 0) is 9.59 Å². The predicted molar refractivity (Wildman–Crippen MR) is 113 cm³/mol. The van der Waals surface area contributed by atoms with Crippen LogP contribution in [0.2, 0.25) is 0 Å². The third-order valence-electron chi connectivity index (χ3n) is 10.3. The first kappa shape index (κ1) is 20.7. The van der Waals surface area contributed by atoms with E-state index in [1.165, 1.54) is 25.7 Å². The van der Waals surface area contributed by atoms with E-state index in [0.717, 1.165) is 32.1 Å². The van der Waals surface area contributed by atoms with Crippen LogP contribution >= 0.6 is 0 Å². The van der Waals surface area contributed by atoms with Gasteiger partial charge in [-0.15, -0.1) is 0 Å². The van der Waals surface area contributed by atoms with Crippen molar-refractivity contribution in [3.8, 4) is 0 Å². The van der Waals surface area contributed by atoms with Gasteiger partial charge in [-0.25, -0.2) is 0 Å². The Hall–Kier alpha value is -1.14. The predicted octanol–water partition coefficient (Wildman–Crippen LogP) is 3.30. The number of nitrogens with zero attached hydrogens (tertiary/aromatic N) is 2. The molecule has 2 N–H and O–H groups in total. The van der Waals surface area contributed by atoms with Crippen molar-refractivity contribution in [1.29, 1.82) is 0 Å². The molecule has 5 aliphatic rings. The Kier molecular flexibility index (Phi) is 5.17. The Bertz CT molecular complexity index is 685. The van der Waals surface area contributed by atoms with Crippen LogP contribution in [0.5, 0.6) is 0 Å². The Morgan fingerprint density at radius 2 is 1.30 bits per heavy atom. The van der Waals surface area contributed by atoms with Crippen LogP contribution in [0.3, 0.4) is 0 Å². The number of aliphatic carboxylic acids is 2. The molecule has 0 spiro atoms. The number of carboxylic acid groups (broad SMARTS) is 2. The van der Waals surface area contributed by atoms with Gasteiger partial charge in [0.05, 0.1) is 11.3 Å². The van der Waals surface area contributed by atoms with E-state index in [-0.39, 0.29) is 17.8 Å². The maximum absolute atomic E-state index is 13.1. The maximum atomic E-state index is 13.1. The number of carbonyl (C=O) groups is 2. The van der Waals surface area contributed by atoms with E-state index in [4.69, 9.17) is 0 Å². The summed E-state index contributed by atoms with van der Waals surface area (Å²) in [4.78, 5) is 30.5. The van der Waals surface area contributed by atoms with Crippen LogP contribution in [0.1, 0.15) is 70.6 Å². The van der Waals surface area contributed by atoms with Gasteiger partial charge in [-0.1, -0.05) is 6.42 Å². The summed E-state index contributed by atoms with van der Waals surface area (Å²) in [7, 11) is 4.40. The molecule has 0 aromatic carbocycles. The molecule has 5 rings (SSSR count). The highest BCUT2D eigenvalue weighted by Crippen LogP contribution is 2.60. The molecule has 30 heavy (non-hydrogen) atoms. The smallest absolute Gasteiger partial charge is 0.310 e. The SMILES string of the molecule is CN1[C@@H]2CC[C@H]1CC(C1C(C(=O)O)CCCC1(C(=O)O)C1C[C@H]3CC[C@@H](C1)N3C)C2. The molecular formula is C24H38N2O4. The first-order chi connectivity index (χ1) is 14.3. The van der Waals surface area contributed by atoms with E-state index in [0.29, 0.717) is 37.0 Å². The zero-order valence-corrected chi connectivity index (χ0v) is 18.5. The third kappa shape index (κ3) is 2.96. The lowest BCUT2D eigenvalue weighted by Crippen LogP contribution is -2.59. The second-order valence-corrected chi connectivity index (χ2v) is 11.2. The minimum Gasteiger partial charge on any atom is -0.481 e. The molecule has 6 nitrogen and oxygen atoms in total. The number of rotatable bonds is 4. The summed E-state index contributed by atoms with van der Waals surface area (Å²) in [5.41, 5.74) is -0.858. The Balaban J connectivity index is 1.53. The van der Waals surface area contributed by atoms with Crippen molar-refractivity contribution in [2.45, 2.75) is 94.8 Å². The number of carboxylic acids is 2. The van der Waals surface area contributed by atoms with Crippen molar-refractivity contribution in [2.75, 3.05) is 14.1 Å². The normalized spacial score (nSPS) is 49.3. The molecular weight excluding hydrogens is 380 g/mol. The number of fused-ring (bicyclic) bond motifs is 4. The molecule has 1 saturated carbocycles. The fraction of sp³-hybridized carbons (Fsp3) is 0.917. The van der Waals surface area contributed by atoms with Gasteiger partial charge in [-0.2, -0.15) is 0 Å². The quantitative estimate of drug-likeness (QED) is 0.729. The first-order valence-corrected chi connectivity index (χ1v) is 12.2. The summed E-state index contributed by atoms with van der Waals surface area (Å²) < 4.78 is 0. The minimum absolute atomic E-state index is 0.119. The summed E-state index contributed by atoms with van der Waals surface area (Å²) in [6.07, 6.45) is 10.6. The van der Waals surface area contributed by atoms with Gasteiger partial charge in [0, 0.05) is 24.2 Å². The summed E-state index contributed by atoms with van der Waals surface area (Å²) in [6.45, 7) is 0. The van der Waals surface area contributed by atoms with Gasteiger partial charge in [0.25, 0.3) is 0 Å². The van der Waals surface area contributed by atoms with Gasteiger partial charge in [0.1, 0.15) is 0 Å². The van der Waals surface area contributed by atoms with Gasteiger partial charge < -0.3 is 20.0 Å². The maximum Gasteiger partial charge on any atom is 0.310 e. The van der Waals surface area contributed by atoms with Crippen LogP contribution in [0, 0.1) is 29.1 Å². The average Bonchev–Trinajstić information content (AvgIpc) is 3.04. The molecule has 5 fully saturated rings. The van der Waals surface area contributed by atoms with Gasteiger partial charge >= 0.3 is 11.9 Å². The molecule has 4 aliphatic heterocycles. The molecule has 0 radical (unpaired) electrons. The molecule has 0 aromatic heterocycles. The molecule has 9 atom stereocenters. The van der Waals surface area contributed by atoms with Crippen LogP contribution in [0.4, 0.5) is 0 Å². The molecule has 0 aromatic rings. The molecule has 4 saturated heterocycles. The van der Waals surface area contributed by atoms with Gasteiger partial charge in [0.2, 0.25) is 0 Å². The lowest BCUT2D eigenvalue weighted by atomic mass is 9.49. The second kappa shape index (κ2) is 7.47. The van der Waals surface area contributed by atoms with Crippen LogP contribution in [0.25, 0.3) is 0 Å². The zero-order valence-electron chi connectivity index (χ0n) is 18.5. The van der Waals surface area contributed by atoms with Crippen LogP contribution in [0.15, 0.2) is 0 Å². The fourth-order valence-electron chi connectivity index (χ4n) is 8.83. The number of piperidine rings is 2. The third-order valence-corrected chi connectivity index (χ3v) is 10.3. The van der Waals surface area contributed by atoms with E-state index in [9.17, 15) is 19.8 Å². The Morgan fingerprint density at radius 3 is 1.77 bits per heavy atom. The van der Waals surface area contributed by atoms with Crippen molar-refractivity contribution >= 4 is 11.9 Å². The molecule has 4 bridgehead atoms. The first-order valence-electron chi connectivity index (χ1n) is 12.2. The van der Waals surface area contributed by atoms with E-state index in [2.05, 4.69) is 23.9 Å². The fourth-order valence-corrected chi connectivity index (χ4v) is 8.83. The van der Waals surface area contributed by atoms with Gasteiger partial charge in [0.15, 0.2) is 0 Å². The Labute approximate surface area is 180 Å². The summed E-state index contributed by atoms with van der Waals surface area (Å²) in [5.74, 6) is -1.82. The van der Waals surface area contributed by atoms with E-state index in [1.807, 2.05) is 0 Å². The summed E-state index contributed by atoms with van der Waals surface area (Å²) in [6, 6.07) is 1.96. The van der Waals surface area contributed by atoms with Gasteiger partial charge in [-0.05, 0) is 96.1 Å². The van der Waals surface area contributed by atoms with Crippen molar-refractivity contribution in [3.63, 3.8) is 0 Å². The lowest BCUT2D eigenvalue weighted by Gasteiger charge is -2.55. The van der Waals surface area contributed by atoms with E-state index < -0.39 is 23.3 Å². The number of hydrogen-bond acceptors (Lipinski definition) is 4. The van der Waals surface area contributed by atoms with Crippen LogP contribution in [-0.4, -0.2) is 70.2 Å². The zero-order chi connectivity index (χ0) is 21.2. The number of hydrogen-bond donors (Lipinski definition) is 2. The topological polar surface area (TPSA) is 81.1 Å². The summed E-state index contributed by atoms with van der Waals surface area (Å²) in [5, 5.41) is 21.0. The van der Waals surface area contributed by atoms with Crippen molar-refractivity contribution in [2.24, 2.45) is 29.1 Å². The molecule has 0 amide bonds. The lowest BCUT2D eigenvalue weighted by molar-refractivity contribution is -0.179. The van der Waals surface area contributed by atoms with Crippen molar-refractivity contribution < 1.29 is 19.8 Å². The molecule has 168 valence electrons. The van der Waals surface area contributed by atoms with Crippen molar-refractivity contribution in [3.05, 3.63) is 0 Å². The highest BCUT2D eigenvalue weighted by Gasteiger charge is 2.62. The minimum atomic E-state index is -0.858. The standard InChI is InChI=1S/C24H38N2O4/c1-25-16-5-6-17(25)11-14(10-16)21-20(22(27)28)4-3-9-24(21,23(29)30)15-12-18-7-8-19(13-15)26(18)2/h14-21H,3-13H2,1-2H3,(H,27,28)(H,29,30)/t14?,15?,16-,17+,18-,19+,20?,21?,24?. The van der Waals surface area contributed by atoms with Crippen LogP contribution < -0.4 is 0 Å². The molecule has 4 heterocycles. The van der Waals surface area contributed by atoms with Crippen molar-refractivity contribution in [1.82, 2.24) is 9.80 Å². The highest BCUT2D eigenvalue weighted by atomic mass is 16.4. The summed E-state index contributed by atoms with van der Waals surface area (Å²) >= 11 is 0.